The smallest absolute Gasteiger partial charge is 0.276 e. The van der Waals surface area contributed by atoms with Crippen LogP contribution in [0.2, 0.25) is 0 Å². The highest BCUT2D eigenvalue weighted by atomic mass is 16.2. The monoisotopic (exact) mass is 148 g/mol. The van der Waals surface area contributed by atoms with E-state index < -0.39 is 11.8 Å². The van der Waals surface area contributed by atoms with Gasteiger partial charge < -0.3 is 0 Å². The molecule has 0 aliphatic carbocycles. The third kappa shape index (κ3) is 0.797. The molecule has 1 aliphatic heterocycles. The van der Waals surface area contributed by atoms with Crippen LogP contribution in [0, 0.1) is 0 Å². The number of hydrogen-bond donors (Lipinski definition) is 1. The Morgan fingerprint density at radius 3 is 2.18 bits per heavy atom. The molecule has 1 aromatic rings. The van der Waals surface area contributed by atoms with E-state index in [1.165, 1.54) is 0 Å². The quantitative estimate of drug-likeness (QED) is 0.525. The molecule has 2 bridgehead atoms. The van der Waals surface area contributed by atoms with E-state index in [1.807, 2.05) is 0 Å². The van der Waals surface area contributed by atoms with Crippen LogP contribution >= 0.6 is 0 Å². The molecule has 1 aliphatic rings. The van der Waals surface area contributed by atoms with E-state index in [9.17, 15) is 9.59 Å². The average Bonchev–Trinajstić information content (AvgIpc) is 2.02. The molecule has 54 valence electrons. The zero-order chi connectivity index (χ0) is 7.84. The largest absolute Gasteiger partial charge is 0.285 e. The first-order valence-corrected chi connectivity index (χ1v) is 3.10. The van der Waals surface area contributed by atoms with Gasteiger partial charge in [0.25, 0.3) is 11.8 Å². The Bertz CT molecular complexity index is 317. The Labute approximate surface area is 62.2 Å². The lowest BCUT2D eigenvalue weighted by Crippen LogP contribution is -2.36. The van der Waals surface area contributed by atoms with Crippen LogP contribution < -0.4 is 5.32 Å². The zero-order valence-electron chi connectivity index (χ0n) is 5.50. The van der Waals surface area contributed by atoms with Crippen molar-refractivity contribution in [2.24, 2.45) is 0 Å². The molecule has 2 rings (SSSR count). The molecule has 0 saturated carbocycles. The van der Waals surface area contributed by atoms with Crippen molar-refractivity contribution in [1.29, 1.82) is 0 Å². The summed E-state index contributed by atoms with van der Waals surface area (Å²) in [6.07, 6.45) is 0. The van der Waals surface area contributed by atoms with Gasteiger partial charge in [0, 0.05) is 0 Å². The van der Waals surface area contributed by atoms with E-state index in [4.69, 9.17) is 0 Å². The van der Waals surface area contributed by atoms with Gasteiger partial charge in [0.1, 0.15) is 11.4 Å². The summed E-state index contributed by atoms with van der Waals surface area (Å²) in [7, 11) is 0. The Kier molecular flexibility index (Phi) is 1.03. The van der Waals surface area contributed by atoms with Crippen molar-refractivity contribution in [3.8, 4) is 0 Å². The molecule has 2 heterocycles. The molecular formula is C7H4N2O2. The molecular weight excluding hydrogens is 144 g/mol. The molecule has 0 atom stereocenters. The maximum atomic E-state index is 10.9. The van der Waals surface area contributed by atoms with Gasteiger partial charge in [0.05, 0.1) is 0 Å². The van der Waals surface area contributed by atoms with Gasteiger partial charge in [-0.1, -0.05) is 6.07 Å². The first kappa shape index (κ1) is 6.03. The summed E-state index contributed by atoms with van der Waals surface area (Å²) in [5, 5.41) is 2.15. The van der Waals surface area contributed by atoms with Gasteiger partial charge in [-0.05, 0) is 12.1 Å². The molecule has 0 saturated heterocycles. The molecule has 0 fully saturated rings. The van der Waals surface area contributed by atoms with Gasteiger partial charge in [-0.3, -0.25) is 14.9 Å². The fourth-order valence-electron chi connectivity index (χ4n) is 0.919. The van der Waals surface area contributed by atoms with Crippen molar-refractivity contribution >= 4 is 11.8 Å². The van der Waals surface area contributed by atoms with Crippen molar-refractivity contribution < 1.29 is 9.59 Å². The number of nitrogens with one attached hydrogen (secondary N) is 1. The third-order valence-electron chi connectivity index (χ3n) is 1.44. The maximum absolute atomic E-state index is 10.9. The van der Waals surface area contributed by atoms with E-state index >= 15 is 0 Å². The van der Waals surface area contributed by atoms with E-state index in [0.717, 1.165) is 0 Å². The second-order valence-electron chi connectivity index (χ2n) is 2.19. The van der Waals surface area contributed by atoms with Crippen LogP contribution in [0.1, 0.15) is 21.0 Å². The van der Waals surface area contributed by atoms with Crippen LogP contribution in [0.5, 0.6) is 0 Å². The highest BCUT2D eigenvalue weighted by Gasteiger charge is 2.20. The molecule has 4 nitrogen and oxygen atoms in total. The summed E-state index contributed by atoms with van der Waals surface area (Å²) < 4.78 is 0. The Morgan fingerprint density at radius 2 is 1.64 bits per heavy atom. The first-order chi connectivity index (χ1) is 5.27. The van der Waals surface area contributed by atoms with Crippen molar-refractivity contribution in [3.63, 3.8) is 0 Å². The summed E-state index contributed by atoms with van der Waals surface area (Å²) >= 11 is 0. The van der Waals surface area contributed by atoms with Crippen molar-refractivity contribution in [2.75, 3.05) is 0 Å². The number of rotatable bonds is 0. The fourth-order valence-corrected chi connectivity index (χ4v) is 0.919. The lowest BCUT2D eigenvalue weighted by molar-refractivity contribution is 0.0829. The number of carbonyl (C=O) groups excluding carboxylic acids is 2. The standard InChI is InChI=1S/C7H4N2O2/c10-6-4-2-1-3-5(8-4)7(11)9-6/h1-3H,(H,9,10,11). The average molecular weight is 148 g/mol. The number of imide groups is 1. The lowest BCUT2D eigenvalue weighted by Gasteiger charge is -2.09. The summed E-state index contributed by atoms with van der Waals surface area (Å²) in [5.74, 6) is -0.855. The van der Waals surface area contributed by atoms with Crippen LogP contribution in [0.15, 0.2) is 18.2 Å². The second kappa shape index (κ2) is 1.88. The highest BCUT2D eigenvalue weighted by molar-refractivity contribution is 6.11. The van der Waals surface area contributed by atoms with Gasteiger partial charge in [-0.2, -0.15) is 0 Å². The van der Waals surface area contributed by atoms with Crippen LogP contribution in [0.4, 0.5) is 0 Å². The summed E-state index contributed by atoms with van der Waals surface area (Å²) in [6, 6.07) is 4.75. The highest BCUT2D eigenvalue weighted by Crippen LogP contribution is 2.04. The van der Waals surface area contributed by atoms with Crippen LogP contribution in [0.3, 0.4) is 0 Å². The minimum absolute atomic E-state index is 0.294. The molecule has 2 amide bonds. The zero-order valence-corrected chi connectivity index (χ0v) is 5.50. The predicted molar refractivity (Wildman–Crippen MR) is 36.0 cm³/mol. The van der Waals surface area contributed by atoms with Crippen molar-refractivity contribution in [1.82, 2.24) is 10.3 Å². The van der Waals surface area contributed by atoms with Gasteiger partial charge >= 0.3 is 0 Å². The number of pyridine rings is 1. The minimum atomic E-state index is -0.428. The van der Waals surface area contributed by atoms with Crippen LogP contribution in [-0.2, 0) is 0 Å². The molecule has 1 aromatic heterocycles. The lowest BCUT2D eigenvalue weighted by atomic mass is 10.2. The Morgan fingerprint density at radius 1 is 1.09 bits per heavy atom. The van der Waals surface area contributed by atoms with Crippen LogP contribution in [0.25, 0.3) is 0 Å². The predicted octanol–water partition coefficient (Wildman–Crippen LogP) is -0.0348. The number of carbonyl (C=O) groups is 2. The third-order valence-corrected chi connectivity index (χ3v) is 1.44. The normalized spacial score (nSPS) is 14.5. The van der Waals surface area contributed by atoms with Crippen LogP contribution in [-0.4, -0.2) is 16.8 Å². The van der Waals surface area contributed by atoms with Gasteiger partial charge in [0.15, 0.2) is 0 Å². The van der Waals surface area contributed by atoms with E-state index in [0.29, 0.717) is 11.4 Å². The summed E-state index contributed by atoms with van der Waals surface area (Å²) in [6.45, 7) is 0. The molecule has 1 N–H and O–H groups in total. The Hall–Kier alpha value is -1.71. The number of aromatic nitrogens is 1. The SMILES string of the molecule is O=C1NC(=O)c2cccc1n2. The maximum Gasteiger partial charge on any atom is 0.276 e. The van der Waals surface area contributed by atoms with Crippen molar-refractivity contribution in [2.45, 2.75) is 0 Å². The Balaban J connectivity index is 2.67. The van der Waals surface area contributed by atoms with E-state index in [2.05, 4.69) is 10.3 Å². The topological polar surface area (TPSA) is 59.1 Å². The molecule has 11 heavy (non-hydrogen) atoms. The number of hydrogen-bond acceptors (Lipinski definition) is 3. The van der Waals surface area contributed by atoms with E-state index in [1.54, 1.807) is 18.2 Å². The number of amides is 2. The second-order valence-corrected chi connectivity index (χ2v) is 2.19. The molecule has 0 spiro atoms. The molecule has 0 unspecified atom stereocenters. The van der Waals surface area contributed by atoms with Gasteiger partial charge in [-0.15, -0.1) is 0 Å². The molecule has 0 aromatic carbocycles. The number of nitrogens with zero attached hydrogens (tertiary/aromatic N) is 1. The fraction of sp³-hybridized carbons (Fsp3) is 0. The van der Waals surface area contributed by atoms with Gasteiger partial charge in [0.2, 0.25) is 0 Å². The van der Waals surface area contributed by atoms with Gasteiger partial charge in [-0.25, -0.2) is 4.98 Å². The molecule has 0 radical (unpaired) electrons. The van der Waals surface area contributed by atoms with Crippen molar-refractivity contribution in [3.05, 3.63) is 29.6 Å². The number of fused-ring (bicyclic) bond motifs is 2. The first-order valence-electron chi connectivity index (χ1n) is 3.10. The summed E-state index contributed by atoms with van der Waals surface area (Å²) in [4.78, 5) is 25.5. The summed E-state index contributed by atoms with van der Waals surface area (Å²) in [5.41, 5.74) is 0.587. The minimum Gasteiger partial charge on any atom is -0.285 e. The van der Waals surface area contributed by atoms with E-state index in [-0.39, 0.29) is 0 Å². The molecule has 4 heteroatoms.